The van der Waals surface area contributed by atoms with E-state index in [1.165, 1.54) is 6.07 Å². The highest BCUT2D eigenvalue weighted by Gasteiger charge is 2.22. The number of benzene rings is 3. The summed E-state index contributed by atoms with van der Waals surface area (Å²) in [6.45, 7) is 0.381. The Morgan fingerprint density at radius 3 is 2.10 bits per heavy atom. The molecule has 0 spiro atoms. The number of nitrogens with one attached hydrogen (secondary N) is 1. The van der Waals surface area contributed by atoms with Crippen molar-refractivity contribution in [3.05, 3.63) is 66.5 Å². The van der Waals surface area contributed by atoms with Gasteiger partial charge in [-0.05, 0) is 48.5 Å². The fourth-order valence-corrected chi connectivity index (χ4v) is 3.67. The molecule has 0 bridgehead atoms. The number of fused-ring (bicyclic) bond motifs is 2. The van der Waals surface area contributed by atoms with Crippen LogP contribution in [0.5, 0.6) is 23.0 Å². The van der Waals surface area contributed by atoms with E-state index in [4.69, 9.17) is 23.9 Å². The van der Waals surface area contributed by atoms with Gasteiger partial charge in [0, 0.05) is 11.1 Å². The first kappa shape index (κ1) is 16.9. The van der Waals surface area contributed by atoms with Crippen LogP contribution < -0.4 is 18.9 Å². The van der Waals surface area contributed by atoms with E-state index >= 15 is 0 Å². The first-order valence-corrected chi connectivity index (χ1v) is 9.41. The van der Waals surface area contributed by atoms with Gasteiger partial charge in [-0.15, -0.1) is 0 Å². The molecule has 6 rings (SSSR count). The Morgan fingerprint density at radius 1 is 0.733 bits per heavy atom. The summed E-state index contributed by atoms with van der Waals surface area (Å²) in [4.78, 5) is 8.04. The van der Waals surface area contributed by atoms with E-state index in [1.54, 1.807) is 18.2 Å². The van der Waals surface area contributed by atoms with Crippen LogP contribution >= 0.6 is 0 Å². The van der Waals surface area contributed by atoms with E-state index in [-0.39, 0.29) is 19.4 Å². The van der Waals surface area contributed by atoms with E-state index < -0.39 is 0 Å². The monoisotopic (exact) mass is 402 g/mol. The summed E-state index contributed by atoms with van der Waals surface area (Å²) >= 11 is 0. The van der Waals surface area contributed by atoms with E-state index in [0.29, 0.717) is 40.1 Å². The van der Waals surface area contributed by atoms with Crippen molar-refractivity contribution in [3.63, 3.8) is 0 Å². The molecule has 1 N–H and O–H groups in total. The van der Waals surface area contributed by atoms with Crippen LogP contribution in [-0.4, -0.2) is 23.6 Å². The third kappa shape index (κ3) is 2.67. The van der Waals surface area contributed by atoms with E-state index in [9.17, 15) is 4.39 Å². The van der Waals surface area contributed by atoms with Gasteiger partial charge in [0.2, 0.25) is 13.6 Å². The minimum absolute atomic E-state index is 0.189. The van der Waals surface area contributed by atoms with Gasteiger partial charge in [-0.3, -0.25) is 0 Å². The van der Waals surface area contributed by atoms with Crippen LogP contribution in [0.3, 0.4) is 0 Å². The summed E-state index contributed by atoms with van der Waals surface area (Å²) in [5.74, 6) is 2.78. The summed E-state index contributed by atoms with van der Waals surface area (Å²) < 4.78 is 36.3. The van der Waals surface area contributed by atoms with Crippen LogP contribution in [0.15, 0.2) is 60.7 Å². The quantitative estimate of drug-likeness (QED) is 0.522. The second-order valence-corrected chi connectivity index (χ2v) is 6.92. The molecule has 3 heterocycles. The summed E-state index contributed by atoms with van der Waals surface area (Å²) in [6.07, 6.45) is 0. The van der Waals surface area contributed by atoms with Crippen molar-refractivity contribution in [2.24, 2.45) is 0 Å². The lowest BCUT2D eigenvalue weighted by atomic mass is 10.0. The minimum atomic E-state index is -0.347. The van der Waals surface area contributed by atoms with E-state index in [0.717, 1.165) is 16.8 Å². The van der Waals surface area contributed by atoms with Crippen molar-refractivity contribution in [2.45, 2.75) is 0 Å². The maximum absolute atomic E-state index is 14.4. The highest BCUT2D eigenvalue weighted by atomic mass is 19.1. The van der Waals surface area contributed by atoms with Gasteiger partial charge in [0.05, 0.1) is 17.0 Å². The van der Waals surface area contributed by atoms with Crippen LogP contribution in [0.1, 0.15) is 0 Å². The Morgan fingerprint density at radius 2 is 1.37 bits per heavy atom. The number of halogens is 1. The van der Waals surface area contributed by atoms with Gasteiger partial charge in [-0.2, -0.15) is 0 Å². The van der Waals surface area contributed by atoms with Gasteiger partial charge in [-0.1, -0.05) is 12.1 Å². The maximum atomic E-state index is 14.4. The van der Waals surface area contributed by atoms with Crippen LogP contribution in [0.25, 0.3) is 33.9 Å². The molecule has 0 saturated carbocycles. The number of aromatic amines is 1. The molecule has 0 radical (unpaired) electrons. The minimum Gasteiger partial charge on any atom is -0.454 e. The summed E-state index contributed by atoms with van der Waals surface area (Å²) in [5.41, 5.74) is 3.48. The molecule has 30 heavy (non-hydrogen) atoms. The maximum Gasteiger partial charge on any atom is 0.231 e. The zero-order valence-corrected chi connectivity index (χ0v) is 15.6. The molecule has 6 nitrogen and oxygen atoms in total. The zero-order valence-electron chi connectivity index (χ0n) is 15.6. The molecule has 1 aromatic heterocycles. The van der Waals surface area contributed by atoms with Crippen molar-refractivity contribution >= 4 is 0 Å². The standard InChI is InChI=1S/C23H15FN2O4/c24-16-4-2-1-3-15(16)23-25-21(13-5-7-17-19(9-13)29-11-27-17)22(26-23)14-6-8-18-20(10-14)30-12-28-18/h1-10H,11-12H2,(H,25,26). The van der Waals surface area contributed by atoms with Crippen LogP contribution in [-0.2, 0) is 0 Å². The van der Waals surface area contributed by atoms with Gasteiger partial charge in [0.1, 0.15) is 11.6 Å². The molecular formula is C23H15FN2O4. The van der Waals surface area contributed by atoms with Crippen molar-refractivity contribution in [1.82, 2.24) is 9.97 Å². The first-order chi connectivity index (χ1) is 14.8. The third-order valence-corrected chi connectivity index (χ3v) is 5.14. The lowest BCUT2D eigenvalue weighted by Gasteiger charge is -2.05. The molecule has 0 amide bonds. The molecule has 0 aliphatic carbocycles. The fraction of sp³-hybridized carbons (Fsp3) is 0.0870. The highest BCUT2D eigenvalue weighted by Crippen LogP contribution is 2.42. The van der Waals surface area contributed by atoms with Crippen molar-refractivity contribution in [3.8, 4) is 56.9 Å². The number of ether oxygens (including phenoxy) is 4. The zero-order chi connectivity index (χ0) is 20.1. The normalized spacial score (nSPS) is 13.6. The molecule has 0 unspecified atom stereocenters. The van der Waals surface area contributed by atoms with Gasteiger partial charge in [0.15, 0.2) is 23.0 Å². The summed E-state index contributed by atoms with van der Waals surface area (Å²) in [5, 5.41) is 0. The SMILES string of the molecule is Fc1ccccc1-c1nc(-c2ccc3c(c2)OCO3)c(-c2ccc3c(c2)OCO3)[nH]1. The van der Waals surface area contributed by atoms with Gasteiger partial charge in [-0.25, -0.2) is 9.37 Å². The van der Waals surface area contributed by atoms with Crippen LogP contribution in [0.4, 0.5) is 4.39 Å². The number of hydrogen-bond donors (Lipinski definition) is 1. The molecule has 2 aliphatic rings. The lowest BCUT2D eigenvalue weighted by molar-refractivity contribution is 0.173. The Hall–Kier alpha value is -4.00. The van der Waals surface area contributed by atoms with Crippen LogP contribution in [0, 0.1) is 5.82 Å². The number of nitrogens with zero attached hydrogens (tertiary/aromatic N) is 1. The Bertz CT molecular complexity index is 1210. The summed E-state index contributed by atoms with van der Waals surface area (Å²) in [7, 11) is 0. The summed E-state index contributed by atoms with van der Waals surface area (Å²) in [6, 6.07) is 17.8. The topological polar surface area (TPSA) is 65.6 Å². The number of aromatic nitrogens is 2. The first-order valence-electron chi connectivity index (χ1n) is 9.41. The van der Waals surface area contributed by atoms with Gasteiger partial charge >= 0.3 is 0 Å². The predicted molar refractivity (Wildman–Crippen MR) is 107 cm³/mol. The molecule has 0 saturated heterocycles. The molecule has 0 atom stereocenters. The highest BCUT2D eigenvalue weighted by molar-refractivity contribution is 5.83. The largest absolute Gasteiger partial charge is 0.454 e. The van der Waals surface area contributed by atoms with Gasteiger partial charge in [0.25, 0.3) is 0 Å². The van der Waals surface area contributed by atoms with Crippen molar-refractivity contribution in [2.75, 3.05) is 13.6 Å². The van der Waals surface area contributed by atoms with E-state index in [1.807, 2.05) is 36.4 Å². The Balaban J connectivity index is 1.54. The molecule has 7 heteroatoms. The average molecular weight is 402 g/mol. The molecular weight excluding hydrogens is 387 g/mol. The second-order valence-electron chi connectivity index (χ2n) is 6.92. The van der Waals surface area contributed by atoms with Crippen molar-refractivity contribution in [1.29, 1.82) is 0 Å². The second kappa shape index (κ2) is 6.52. The molecule has 3 aromatic carbocycles. The number of imidazole rings is 1. The smallest absolute Gasteiger partial charge is 0.231 e. The van der Waals surface area contributed by atoms with Gasteiger partial charge < -0.3 is 23.9 Å². The molecule has 2 aliphatic heterocycles. The molecule has 4 aromatic rings. The Labute approximate surface area is 170 Å². The Kier molecular flexibility index (Phi) is 3.67. The number of rotatable bonds is 3. The number of H-pyrrole nitrogens is 1. The van der Waals surface area contributed by atoms with Crippen LogP contribution in [0.2, 0.25) is 0 Å². The molecule has 0 fully saturated rings. The molecule has 148 valence electrons. The fourth-order valence-electron chi connectivity index (χ4n) is 3.67. The predicted octanol–water partition coefficient (Wildman–Crippen LogP) is 5.01. The van der Waals surface area contributed by atoms with Crippen molar-refractivity contribution < 1.29 is 23.3 Å². The van der Waals surface area contributed by atoms with E-state index in [2.05, 4.69) is 4.98 Å². The third-order valence-electron chi connectivity index (χ3n) is 5.14. The lowest BCUT2D eigenvalue weighted by Crippen LogP contribution is -1.93. The number of hydrogen-bond acceptors (Lipinski definition) is 5. The average Bonchev–Trinajstić information content (AvgIpc) is 3.51.